The molecular weight excluding hydrogens is 309 g/mol. The van der Waals surface area contributed by atoms with Gasteiger partial charge in [0.25, 0.3) is 5.91 Å². The first kappa shape index (κ1) is 15.2. The molecule has 0 radical (unpaired) electrons. The molecule has 0 aliphatic rings. The van der Waals surface area contributed by atoms with E-state index < -0.39 is 5.91 Å². The Labute approximate surface area is 132 Å². The zero-order chi connectivity index (χ0) is 15.1. The van der Waals surface area contributed by atoms with Gasteiger partial charge in [-0.1, -0.05) is 60.1 Å². The standard InChI is InChI=1S/C15H11Cl2N3O/c16-13(15(21)18-17)14(11-7-3-1-4-8-11)20-19-12-9-5-2-6-10-12/h1-10H,(H,18,21)/b14-13+,20-19?. The molecule has 0 aliphatic heterocycles. The van der Waals surface area contributed by atoms with Crippen LogP contribution in [-0.2, 0) is 4.79 Å². The molecule has 0 atom stereocenters. The van der Waals surface area contributed by atoms with Crippen LogP contribution < -0.4 is 4.84 Å². The smallest absolute Gasteiger partial charge is 0.267 e. The van der Waals surface area contributed by atoms with E-state index in [2.05, 4.69) is 10.2 Å². The van der Waals surface area contributed by atoms with Gasteiger partial charge < -0.3 is 0 Å². The van der Waals surface area contributed by atoms with Gasteiger partial charge in [-0.3, -0.25) is 9.63 Å². The van der Waals surface area contributed by atoms with E-state index in [4.69, 9.17) is 23.4 Å². The Kier molecular flexibility index (Phi) is 5.49. The van der Waals surface area contributed by atoms with Crippen LogP contribution in [0, 0.1) is 0 Å². The minimum atomic E-state index is -0.635. The molecular formula is C15H11Cl2N3O. The number of nitrogens with one attached hydrogen (secondary N) is 1. The number of rotatable bonds is 4. The Hall–Kier alpha value is -2.17. The summed E-state index contributed by atoms with van der Waals surface area (Å²) in [6.07, 6.45) is 0. The summed E-state index contributed by atoms with van der Waals surface area (Å²) in [6, 6.07) is 18.2. The van der Waals surface area contributed by atoms with Crippen LogP contribution in [0.15, 0.2) is 75.9 Å². The van der Waals surface area contributed by atoms with Crippen LogP contribution in [0.3, 0.4) is 0 Å². The minimum Gasteiger partial charge on any atom is -0.267 e. The third-order valence-corrected chi connectivity index (χ3v) is 3.08. The molecule has 106 valence electrons. The Bertz CT molecular complexity index is 670. The molecule has 6 heteroatoms. The Morgan fingerprint density at radius 1 is 0.952 bits per heavy atom. The van der Waals surface area contributed by atoms with E-state index in [-0.39, 0.29) is 10.7 Å². The molecule has 0 heterocycles. The normalized spacial score (nSPS) is 12.1. The van der Waals surface area contributed by atoms with Crippen LogP contribution >= 0.6 is 23.4 Å². The van der Waals surface area contributed by atoms with Crippen LogP contribution in [0.2, 0.25) is 0 Å². The molecule has 1 N–H and O–H groups in total. The first-order valence-electron chi connectivity index (χ1n) is 6.05. The molecule has 2 aromatic carbocycles. The summed E-state index contributed by atoms with van der Waals surface area (Å²) in [5.74, 6) is -0.635. The van der Waals surface area contributed by atoms with Gasteiger partial charge in [0, 0.05) is 17.3 Å². The lowest BCUT2D eigenvalue weighted by atomic mass is 10.1. The summed E-state index contributed by atoms with van der Waals surface area (Å²) >= 11 is 11.3. The molecule has 0 unspecified atom stereocenters. The van der Waals surface area contributed by atoms with Crippen molar-refractivity contribution in [3.05, 3.63) is 71.3 Å². The van der Waals surface area contributed by atoms with Gasteiger partial charge in [-0.05, 0) is 12.1 Å². The van der Waals surface area contributed by atoms with Gasteiger partial charge in [0.05, 0.1) is 5.69 Å². The van der Waals surface area contributed by atoms with Crippen molar-refractivity contribution in [1.82, 2.24) is 4.84 Å². The fraction of sp³-hybridized carbons (Fsp3) is 0. The Balaban J connectivity index is 2.43. The molecule has 2 aromatic rings. The van der Waals surface area contributed by atoms with Crippen LogP contribution in [0.1, 0.15) is 5.56 Å². The van der Waals surface area contributed by atoms with E-state index in [1.165, 1.54) is 0 Å². The van der Waals surface area contributed by atoms with Crippen molar-refractivity contribution >= 4 is 40.7 Å². The maximum Gasteiger partial charge on any atom is 0.279 e. The third-order valence-electron chi connectivity index (χ3n) is 2.56. The van der Waals surface area contributed by atoms with E-state index in [0.717, 1.165) is 0 Å². The molecule has 2 rings (SSSR count). The van der Waals surface area contributed by atoms with Gasteiger partial charge in [0.1, 0.15) is 10.7 Å². The number of azo groups is 1. The molecule has 21 heavy (non-hydrogen) atoms. The molecule has 4 nitrogen and oxygen atoms in total. The molecule has 0 bridgehead atoms. The fourth-order valence-electron chi connectivity index (χ4n) is 1.58. The van der Waals surface area contributed by atoms with Crippen LogP contribution in [-0.4, -0.2) is 5.91 Å². The first-order chi connectivity index (χ1) is 10.2. The van der Waals surface area contributed by atoms with Crippen molar-refractivity contribution < 1.29 is 4.79 Å². The number of hydrogen-bond donors (Lipinski definition) is 1. The highest BCUT2D eigenvalue weighted by molar-refractivity contribution is 6.47. The van der Waals surface area contributed by atoms with Crippen LogP contribution in [0.4, 0.5) is 5.69 Å². The predicted molar refractivity (Wildman–Crippen MR) is 84.2 cm³/mol. The van der Waals surface area contributed by atoms with E-state index in [0.29, 0.717) is 11.3 Å². The predicted octanol–water partition coefficient (Wildman–Crippen LogP) is 4.65. The fourth-order valence-corrected chi connectivity index (χ4v) is 1.91. The van der Waals surface area contributed by atoms with E-state index in [1.54, 1.807) is 24.3 Å². The molecule has 0 aromatic heterocycles. The lowest BCUT2D eigenvalue weighted by Gasteiger charge is -2.04. The van der Waals surface area contributed by atoms with E-state index in [1.807, 2.05) is 41.2 Å². The highest BCUT2D eigenvalue weighted by Gasteiger charge is 2.14. The SMILES string of the molecule is O=C(NCl)/C(Cl)=C(\N=Nc1ccccc1)c1ccccc1. The topological polar surface area (TPSA) is 53.8 Å². The van der Waals surface area contributed by atoms with Crippen LogP contribution in [0.5, 0.6) is 0 Å². The quantitative estimate of drug-likeness (QED) is 0.498. The summed E-state index contributed by atoms with van der Waals surface area (Å²) in [6.45, 7) is 0. The number of hydrogen-bond acceptors (Lipinski definition) is 3. The number of benzene rings is 2. The number of halogens is 2. The molecule has 0 aliphatic carbocycles. The van der Waals surface area contributed by atoms with Crippen LogP contribution in [0.25, 0.3) is 5.70 Å². The molecule has 0 spiro atoms. The second kappa shape index (κ2) is 7.57. The van der Waals surface area contributed by atoms with Gasteiger partial charge >= 0.3 is 0 Å². The summed E-state index contributed by atoms with van der Waals surface area (Å²) in [7, 11) is 0. The van der Waals surface area contributed by atoms with Crippen molar-refractivity contribution in [1.29, 1.82) is 0 Å². The molecule has 0 saturated carbocycles. The number of nitrogens with zero attached hydrogens (tertiary/aromatic N) is 2. The van der Waals surface area contributed by atoms with Crippen molar-refractivity contribution in [2.75, 3.05) is 0 Å². The number of carbonyl (C=O) groups excluding carboxylic acids is 1. The average Bonchev–Trinajstić information content (AvgIpc) is 2.56. The zero-order valence-electron chi connectivity index (χ0n) is 10.8. The summed E-state index contributed by atoms with van der Waals surface area (Å²) in [5, 5.41) is 8.04. The number of amides is 1. The lowest BCUT2D eigenvalue weighted by Crippen LogP contribution is -2.13. The largest absolute Gasteiger partial charge is 0.279 e. The first-order valence-corrected chi connectivity index (χ1v) is 6.81. The van der Waals surface area contributed by atoms with E-state index in [9.17, 15) is 4.79 Å². The summed E-state index contributed by atoms with van der Waals surface area (Å²) < 4.78 is 0. The summed E-state index contributed by atoms with van der Waals surface area (Å²) in [4.78, 5) is 13.6. The minimum absolute atomic E-state index is 0.129. The van der Waals surface area contributed by atoms with Gasteiger partial charge in [0.15, 0.2) is 0 Å². The van der Waals surface area contributed by atoms with Crippen molar-refractivity contribution in [3.8, 4) is 0 Å². The molecule has 0 fully saturated rings. The maximum absolute atomic E-state index is 11.6. The zero-order valence-corrected chi connectivity index (χ0v) is 12.3. The third kappa shape index (κ3) is 4.15. The van der Waals surface area contributed by atoms with Gasteiger partial charge in [-0.15, -0.1) is 5.11 Å². The van der Waals surface area contributed by atoms with Gasteiger partial charge in [-0.2, -0.15) is 5.11 Å². The Morgan fingerprint density at radius 3 is 2.10 bits per heavy atom. The second-order valence-electron chi connectivity index (χ2n) is 3.99. The van der Waals surface area contributed by atoms with Crippen molar-refractivity contribution in [2.45, 2.75) is 0 Å². The van der Waals surface area contributed by atoms with E-state index >= 15 is 0 Å². The van der Waals surface area contributed by atoms with Gasteiger partial charge in [-0.25, -0.2) is 0 Å². The molecule has 0 saturated heterocycles. The van der Waals surface area contributed by atoms with Gasteiger partial charge in [0.2, 0.25) is 0 Å². The van der Waals surface area contributed by atoms with Crippen molar-refractivity contribution in [3.63, 3.8) is 0 Å². The highest BCUT2D eigenvalue weighted by Crippen LogP contribution is 2.25. The monoisotopic (exact) mass is 319 g/mol. The maximum atomic E-state index is 11.6. The number of carbonyl (C=O) groups is 1. The highest BCUT2D eigenvalue weighted by atomic mass is 35.5. The Morgan fingerprint density at radius 2 is 1.52 bits per heavy atom. The molecule has 1 amide bonds. The average molecular weight is 320 g/mol. The second-order valence-corrected chi connectivity index (χ2v) is 4.55. The lowest BCUT2D eigenvalue weighted by molar-refractivity contribution is -0.115. The van der Waals surface area contributed by atoms with Crippen molar-refractivity contribution in [2.24, 2.45) is 10.2 Å². The summed E-state index contributed by atoms with van der Waals surface area (Å²) in [5.41, 5.74) is 1.57.